The van der Waals surface area contributed by atoms with Gasteiger partial charge in [0.15, 0.2) is 0 Å². The molecule has 1 aliphatic heterocycles. The molecule has 0 bridgehead atoms. The van der Waals surface area contributed by atoms with Crippen LogP contribution in [-0.4, -0.2) is 17.8 Å². The van der Waals surface area contributed by atoms with Gasteiger partial charge in [0.1, 0.15) is 12.3 Å². The Kier molecular flexibility index (Phi) is 4.17. The van der Waals surface area contributed by atoms with Crippen molar-refractivity contribution in [1.29, 1.82) is 0 Å². The van der Waals surface area contributed by atoms with E-state index in [0.29, 0.717) is 0 Å². The van der Waals surface area contributed by atoms with Crippen LogP contribution < -0.4 is 5.32 Å². The minimum absolute atomic E-state index is 0.0457. The second kappa shape index (κ2) is 6.06. The van der Waals surface area contributed by atoms with Crippen molar-refractivity contribution in [2.45, 2.75) is 18.4 Å². The third-order valence-corrected chi connectivity index (χ3v) is 3.98. The van der Waals surface area contributed by atoms with Crippen LogP contribution in [0.3, 0.4) is 0 Å². The van der Waals surface area contributed by atoms with E-state index in [9.17, 15) is 5.11 Å². The number of ether oxygens (including phenoxy) is 1. The fourth-order valence-corrected chi connectivity index (χ4v) is 2.93. The number of hydrogen-bond acceptors (Lipinski definition) is 3. The van der Waals surface area contributed by atoms with E-state index < -0.39 is 0 Å². The number of rotatable bonds is 3. The quantitative estimate of drug-likeness (QED) is 0.906. The van der Waals surface area contributed by atoms with Crippen molar-refractivity contribution in [3.05, 3.63) is 70.2 Å². The van der Waals surface area contributed by atoms with Crippen LogP contribution in [-0.2, 0) is 4.74 Å². The summed E-state index contributed by atoms with van der Waals surface area (Å²) in [5, 5.41) is 12.9. The van der Waals surface area contributed by atoms with Crippen molar-refractivity contribution in [2.75, 3.05) is 6.61 Å². The first kappa shape index (κ1) is 13.8. The summed E-state index contributed by atoms with van der Waals surface area (Å²) in [6.45, 7) is 0.0457. The summed E-state index contributed by atoms with van der Waals surface area (Å²) in [5.74, 6) is 0. The summed E-state index contributed by atoms with van der Waals surface area (Å²) in [7, 11) is 0. The Labute approximate surface area is 126 Å². The number of halogens is 1. The van der Waals surface area contributed by atoms with Crippen molar-refractivity contribution in [2.24, 2.45) is 0 Å². The molecule has 1 unspecified atom stereocenters. The molecule has 0 saturated carbocycles. The van der Waals surface area contributed by atoms with Crippen LogP contribution in [0.5, 0.6) is 0 Å². The summed E-state index contributed by atoms with van der Waals surface area (Å²) in [6.07, 6.45) is -0.333. The maximum atomic E-state index is 9.57. The molecule has 0 spiro atoms. The lowest BCUT2D eigenvalue weighted by Gasteiger charge is -2.15. The first-order chi connectivity index (χ1) is 9.78. The maximum absolute atomic E-state index is 9.57. The molecule has 0 amide bonds. The molecule has 3 atom stereocenters. The van der Waals surface area contributed by atoms with Gasteiger partial charge in [-0.1, -0.05) is 58.4 Å². The lowest BCUT2D eigenvalue weighted by molar-refractivity contribution is 0.0317. The van der Waals surface area contributed by atoms with Gasteiger partial charge in [0.05, 0.1) is 12.6 Å². The van der Waals surface area contributed by atoms with Gasteiger partial charge in [-0.25, -0.2) is 0 Å². The van der Waals surface area contributed by atoms with Crippen LogP contribution >= 0.6 is 15.9 Å². The van der Waals surface area contributed by atoms with E-state index in [2.05, 4.69) is 21.2 Å². The molecule has 0 aliphatic carbocycles. The second-order valence-corrected chi connectivity index (χ2v) is 5.77. The molecule has 1 heterocycles. The van der Waals surface area contributed by atoms with Gasteiger partial charge in [-0.15, -0.1) is 0 Å². The minimum atomic E-state index is -0.199. The summed E-state index contributed by atoms with van der Waals surface area (Å²) in [6, 6.07) is 17.9. The highest BCUT2D eigenvalue weighted by Crippen LogP contribution is 2.35. The molecule has 3 rings (SSSR count). The van der Waals surface area contributed by atoms with Crippen molar-refractivity contribution in [1.82, 2.24) is 5.32 Å². The molecule has 2 aromatic rings. The van der Waals surface area contributed by atoms with E-state index in [1.165, 1.54) is 0 Å². The van der Waals surface area contributed by atoms with Crippen molar-refractivity contribution in [3.8, 4) is 0 Å². The zero-order valence-corrected chi connectivity index (χ0v) is 12.5. The Hall–Kier alpha value is -1.20. The molecule has 104 valence electrons. The Morgan fingerprint density at radius 3 is 2.50 bits per heavy atom. The molecular formula is C16H16BrNO2. The highest BCUT2D eigenvalue weighted by Gasteiger charge is 2.35. The van der Waals surface area contributed by atoms with Gasteiger partial charge in [-0.2, -0.15) is 0 Å². The number of aliphatic hydroxyl groups excluding tert-OH is 1. The third-order valence-electron chi connectivity index (χ3n) is 3.49. The third kappa shape index (κ3) is 2.79. The molecule has 1 fully saturated rings. The fraction of sp³-hybridized carbons (Fsp3) is 0.250. The predicted octanol–water partition coefficient (Wildman–Crippen LogP) is 3.17. The lowest BCUT2D eigenvalue weighted by Crippen LogP contribution is -2.30. The van der Waals surface area contributed by atoms with Crippen LogP contribution in [0.1, 0.15) is 23.5 Å². The Balaban J connectivity index is 1.84. The van der Waals surface area contributed by atoms with Gasteiger partial charge in [0.25, 0.3) is 0 Å². The Morgan fingerprint density at radius 2 is 1.80 bits per heavy atom. The number of benzene rings is 2. The van der Waals surface area contributed by atoms with E-state index in [1.807, 2.05) is 54.6 Å². The molecule has 3 nitrogen and oxygen atoms in total. The molecule has 2 N–H and O–H groups in total. The second-order valence-electron chi connectivity index (χ2n) is 4.86. The van der Waals surface area contributed by atoms with E-state index in [0.717, 1.165) is 15.6 Å². The average molecular weight is 334 g/mol. The molecule has 4 heteroatoms. The fourth-order valence-electron chi connectivity index (χ4n) is 2.51. The normalized spacial score (nSPS) is 25.8. The number of nitrogens with one attached hydrogen (secondary N) is 1. The molecule has 0 radical (unpaired) electrons. The van der Waals surface area contributed by atoms with Crippen molar-refractivity contribution >= 4 is 15.9 Å². The molecule has 20 heavy (non-hydrogen) atoms. The molecule has 2 aromatic carbocycles. The Morgan fingerprint density at radius 1 is 1.05 bits per heavy atom. The Bertz CT molecular complexity index is 576. The van der Waals surface area contributed by atoms with Crippen LogP contribution in [0.25, 0.3) is 0 Å². The summed E-state index contributed by atoms with van der Waals surface area (Å²) >= 11 is 3.47. The van der Waals surface area contributed by atoms with E-state index in [-0.39, 0.29) is 25.0 Å². The van der Waals surface area contributed by atoms with E-state index in [4.69, 9.17) is 4.74 Å². The smallest absolute Gasteiger partial charge is 0.135 e. The monoisotopic (exact) mass is 333 g/mol. The molecule has 1 saturated heterocycles. The predicted molar refractivity (Wildman–Crippen MR) is 81.2 cm³/mol. The van der Waals surface area contributed by atoms with Gasteiger partial charge in [-0.05, 0) is 23.3 Å². The SMILES string of the molecule is OC[C@@H]1N[C@H](c2cccc(Br)c2)OC1c1ccccc1. The molecular weight excluding hydrogens is 318 g/mol. The van der Waals surface area contributed by atoms with Gasteiger partial charge < -0.3 is 9.84 Å². The first-order valence-electron chi connectivity index (χ1n) is 6.60. The van der Waals surface area contributed by atoms with Gasteiger partial charge >= 0.3 is 0 Å². The topological polar surface area (TPSA) is 41.5 Å². The lowest BCUT2D eigenvalue weighted by atomic mass is 10.0. The minimum Gasteiger partial charge on any atom is -0.395 e. The van der Waals surface area contributed by atoms with Crippen LogP contribution in [0.15, 0.2) is 59.1 Å². The zero-order valence-electron chi connectivity index (χ0n) is 10.9. The standard InChI is InChI=1S/C16H16BrNO2/c17-13-8-4-7-12(9-13)16-18-14(10-19)15(20-16)11-5-2-1-3-6-11/h1-9,14-16,18-19H,10H2/t14-,15?,16-/m0/s1. The van der Waals surface area contributed by atoms with Crippen LogP contribution in [0.2, 0.25) is 0 Å². The summed E-state index contributed by atoms with van der Waals surface area (Å²) in [4.78, 5) is 0. The first-order valence-corrected chi connectivity index (χ1v) is 7.40. The highest BCUT2D eigenvalue weighted by molar-refractivity contribution is 9.10. The summed E-state index contributed by atoms with van der Waals surface area (Å²) < 4.78 is 7.12. The van der Waals surface area contributed by atoms with Crippen molar-refractivity contribution in [3.63, 3.8) is 0 Å². The van der Waals surface area contributed by atoms with Crippen LogP contribution in [0, 0.1) is 0 Å². The van der Waals surface area contributed by atoms with E-state index in [1.54, 1.807) is 0 Å². The number of hydrogen-bond donors (Lipinski definition) is 2. The largest absolute Gasteiger partial charge is 0.395 e. The molecule has 0 aromatic heterocycles. The van der Waals surface area contributed by atoms with Crippen molar-refractivity contribution < 1.29 is 9.84 Å². The zero-order chi connectivity index (χ0) is 13.9. The van der Waals surface area contributed by atoms with Gasteiger partial charge in [0.2, 0.25) is 0 Å². The molecule has 1 aliphatic rings. The van der Waals surface area contributed by atoms with Crippen LogP contribution in [0.4, 0.5) is 0 Å². The van der Waals surface area contributed by atoms with Gasteiger partial charge in [0, 0.05) is 4.47 Å². The average Bonchev–Trinajstić information content (AvgIpc) is 2.92. The van der Waals surface area contributed by atoms with Gasteiger partial charge in [-0.3, -0.25) is 5.32 Å². The number of aliphatic hydroxyl groups is 1. The highest BCUT2D eigenvalue weighted by atomic mass is 79.9. The van der Waals surface area contributed by atoms with E-state index >= 15 is 0 Å². The maximum Gasteiger partial charge on any atom is 0.135 e. The summed E-state index contributed by atoms with van der Waals surface area (Å²) in [5.41, 5.74) is 2.13.